The van der Waals surface area contributed by atoms with Crippen molar-refractivity contribution in [1.29, 1.82) is 0 Å². The van der Waals surface area contributed by atoms with E-state index in [4.69, 9.17) is 11.6 Å². The fraction of sp³-hybridized carbons (Fsp3) is 0.538. The molecule has 1 aromatic heterocycles. The smallest absolute Gasteiger partial charge is 0.251 e. The zero-order valence-corrected chi connectivity index (χ0v) is 11.9. The van der Waals surface area contributed by atoms with Crippen molar-refractivity contribution in [2.24, 2.45) is 0 Å². The lowest BCUT2D eigenvalue weighted by Gasteiger charge is -2.09. The summed E-state index contributed by atoms with van der Waals surface area (Å²) < 4.78 is 0. The molecule has 4 nitrogen and oxygen atoms in total. The van der Waals surface area contributed by atoms with Crippen molar-refractivity contribution < 1.29 is 4.79 Å². The number of halogens is 1. The van der Waals surface area contributed by atoms with E-state index in [0.717, 1.165) is 25.1 Å². The Kier molecular flexibility index (Phi) is 6.09. The summed E-state index contributed by atoms with van der Waals surface area (Å²) in [4.78, 5) is 18.0. The van der Waals surface area contributed by atoms with Crippen molar-refractivity contribution in [2.45, 2.75) is 19.8 Å². The fourth-order valence-electron chi connectivity index (χ4n) is 1.62. The van der Waals surface area contributed by atoms with E-state index in [1.54, 1.807) is 12.1 Å². The Hall–Kier alpha value is -1.13. The number of carbonyl (C=O) groups excluding carboxylic acids is 1. The molecule has 0 unspecified atom stereocenters. The molecule has 0 bridgehead atoms. The summed E-state index contributed by atoms with van der Waals surface area (Å²) in [7, 11) is 4.08. The molecule has 18 heavy (non-hydrogen) atoms. The molecule has 0 aliphatic carbocycles. The summed E-state index contributed by atoms with van der Waals surface area (Å²) in [5.74, 6) is -0.0905. The normalized spacial score (nSPS) is 10.7. The van der Waals surface area contributed by atoms with Crippen molar-refractivity contribution in [3.05, 3.63) is 28.5 Å². The minimum Gasteiger partial charge on any atom is -0.352 e. The van der Waals surface area contributed by atoms with E-state index in [2.05, 4.69) is 15.2 Å². The van der Waals surface area contributed by atoms with Gasteiger partial charge in [-0.3, -0.25) is 4.79 Å². The second-order valence-corrected chi connectivity index (χ2v) is 4.97. The number of carbonyl (C=O) groups is 1. The molecule has 0 radical (unpaired) electrons. The summed E-state index contributed by atoms with van der Waals surface area (Å²) >= 11 is 5.82. The van der Waals surface area contributed by atoms with Crippen LogP contribution in [0, 0.1) is 6.92 Å². The lowest BCUT2D eigenvalue weighted by molar-refractivity contribution is 0.0952. The van der Waals surface area contributed by atoms with Crippen LogP contribution in [0.15, 0.2) is 12.1 Å². The van der Waals surface area contributed by atoms with Gasteiger partial charge < -0.3 is 10.2 Å². The Balaban J connectivity index is 2.36. The topological polar surface area (TPSA) is 45.2 Å². The monoisotopic (exact) mass is 269 g/mol. The third-order valence-electron chi connectivity index (χ3n) is 2.50. The number of aromatic nitrogens is 1. The number of rotatable bonds is 6. The summed E-state index contributed by atoms with van der Waals surface area (Å²) in [6.45, 7) is 3.54. The Morgan fingerprint density at radius 3 is 2.72 bits per heavy atom. The van der Waals surface area contributed by atoms with E-state index in [9.17, 15) is 4.79 Å². The van der Waals surface area contributed by atoms with Gasteiger partial charge in [-0.15, -0.1) is 0 Å². The van der Waals surface area contributed by atoms with Crippen LogP contribution in [0.4, 0.5) is 0 Å². The molecular weight excluding hydrogens is 250 g/mol. The van der Waals surface area contributed by atoms with Gasteiger partial charge >= 0.3 is 0 Å². The maximum atomic E-state index is 11.8. The van der Waals surface area contributed by atoms with Crippen LogP contribution < -0.4 is 5.32 Å². The van der Waals surface area contributed by atoms with E-state index in [0.29, 0.717) is 17.3 Å². The second kappa shape index (κ2) is 7.34. The first-order chi connectivity index (χ1) is 8.49. The zero-order chi connectivity index (χ0) is 13.5. The lowest BCUT2D eigenvalue weighted by atomic mass is 10.2. The maximum Gasteiger partial charge on any atom is 0.251 e. The van der Waals surface area contributed by atoms with Crippen LogP contribution in [0.2, 0.25) is 5.15 Å². The van der Waals surface area contributed by atoms with E-state index < -0.39 is 0 Å². The van der Waals surface area contributed by atoms with Crippen LogP contribution in [0.5, 0.6) is 0 Å². The molecule has 1 N–H and O–H groups in total. The van der Waals surface area contributed by atoms with Gasteiger partial charge in [-0.1, -0.05) is 11.6 Å². The predicted molar refractivity (Wildman–Crippen MR) is 74.1 cm³/mol. The zero-order valence-electron chi connectivity index (χ0n) is 11.2. The molecular formula is C13H20ClN3O. The molecule has 100 valence electrons. The molecule has 1 heterocycles. The van der Waals surface area contributed by atoms with Gasteiger partial charge in [0.05, 0.1) is 0 Å². The third-order valence-corrected chi connectivity index (χ3v) is 2.70. The molecule has 5 heteroatoms. The SMILES string of the molecule is Cc1cc(C(=O)NCCCCN(C)C)cc(Cl)n1. The molecule has 0 aliphatic heterocycles. The molecule has 0 aromatic carbocycles. The van der Waals surface area contributed by atoms with Gasteiger partial charge in [0, 0.05) is 17.8 Å². The Labute approximate surface area is 113 Å². The van der Waals surface area contributed by atoms with Crippen LogP contribution >= 0.6 is 11.6 Å². The number of nitrogens with one attached hydrogen (secondary N) is 1. The minimum atomic E-state index is -0.0905. The van der Waals surface area contributed by atoms with Crippen molar-refractivity contribution in [3.8, 4) is 0 Å². The highest BCUT2D eigenvalue weighted by Gasteiger charge is 2.07. The molecule has 0 atom stereocenters. The molecule has 1 aromatic rings. The van der Waals surface area contributed by atoms with Crippen LogP contribution in [0.25, 0.3) is 0 Å². The van der Waals surface area contributed by atoms with Crippen LogP contribution in [-0.4, -0.2) is 43.0 Å². The summed E-state index contributed by atoms with van der Waals surface area (Å²) in [6, 6.07) is 3.32. The number of pyridine rings is 1. The average Bonchev–Trinajstić information content (AvgIpc) is 2.26. The van der Waals surface area contributed by atoms with Gasteiger partial charge in [0.15, 0.2) is 0 Å². The highest BCUT2D eigenvalue weighted by molar-refractivity contribution is 6.29. The second-order valence-electron chi connectivity index (χ2n) is 4.59. The van der Waals surface area contributed by atoms with E-state index in [1.807, 2.05) is 21.0 Å². The van der Waals surface area contributed by atoms with Gasteiger partial charge in [0.25, 0.3) is 5.91 Å². The van der Waals surface area contributed by atoms with E-state index in [-0.39, 0.29) is 5.91 Å². The lowest BCUT2D eigenvalue weighted by Crippen LogP contribution is -2.25. The molecule has 1 amide bonds. The van der Waals surface area contributed by atoms with Gasteiger partial charge in [0.2, 0.25) is 0 Å². The number of hydrogen-bond donors (Lipinski definition) is 1. The van der Waals surface area contributed by atoms with Crippen molar-refractivity contribution in [1.82, 2.24) is 15.2 Å². The van der Waals surface area contributed by atoms with Gasteiger partial charge in [-0.25, -0.2) is 4.98 Å². The van der Waals surface area contributed by atoms with Crippen LogP contribution in [0.3, 0.4) is 0 Å². The first-order valence-corrected chi connectivity index (χ1v) is 6.44. The third kappa shape index (κ3) is 5.47. The molecule has 0 saturated heterocycles. The molecule has 0 spiro atoms. The molecule has 0 fully saturated rings. The predicted octanol–water partition coefficient (Wildman–Crippen LogP) is 2.12. The first-order valence-electron chi connectivity index (χ1n) is 6.06. The number of amides is 1. The summed E-state index contributed by atoms with van der Waals surface area (Å²) in [5, 5.41) is 3.24. The van der Waals surface area contributed by atoms with E-state index in [1.165, 1.54) is 0 Å². The van der Waals surface area contributed by atoms with Gasteiger partial charge in [0.1, 0.15) is 5.15 Å². The van der Waals surface area contributed by atoms with E-state index >= 15 is 0 Å². The average molecular weight is 270 g/mol. The van der Waals surface area contributed by atoms with Crippen molar-refractivity contribution in [2.75, 3.05) is 27.2 Å². The van der Waals surface area contributed by atoms with Crippen molar-refractivity contribution in [3.63, 3.8) is 0 Å². The van der Waals surface area contributed by atoms with Crippen LogP contribution in [-0.2, 0) is 0 Å². The number of aryl methyl sites for hydroxylation is 1. The molecule has 0 aliphatic rings. The van der Waals surface area contributed by atoms with Gasteiger partial charge in [-0.05, 0) is 52.5 Å². The molecule has 1 rings (SSSR count). The van der Waals surface area contributed by atoms with Crippen molar-refractivity contribution >= 4 is 17.5 Å². The van der Waals surface area contributed by atoms with Crippen LogP contribution in [0.1, 0.15) is 28.9 Å². The number of nitrogens with zero attached hydrogens (tertiary/aromatic N) is 2. The quantitative estimate of drug-likeness (QED) is 0.636. The standard InChI is InChI=1S/C13H20ClN3O/c1-10-8-11(9-12(14)16-10)13(18)15-6-4-5-7-17(2)3/h8-9H,4-7H2,1-3H3,(H,15,18). The Bertz CT molecular complexity index is 387. The van der Waals surface area contributed by atoms with Gasteiger partial charge in [-0.2, -0.15) is 0 Å². The highest BCUT2D eigenvalue weighted by atomic mass is 35.5. The largest absolute Gasteiger partial charge is 0.352 e. The fourth-order valence-corrected chi connectivity index (χ4v) is 1.87. The summed E-state index contributed by atoms with van der Waals surface area (Å²) in [6.07, 6.45) is 2.05. The first kappa shape index (κ1) is 14.9. The molecule has 0 saturated carbocycles. The minimum absolute atomic E-state index is 0.0905. The Morgan fingerprint density at radius 1 is 1.39 bits per heavy atom. The summed E-state index contributed by atoms with van der Waals surface area (Å²) in [5.41, 5.74) is 1.32. The highest BCUT2D eigenvalue weighted by Crippen LogP contribution is 2.10. The number of unbranched alkanes of at least 4 members (excludes halogenated alkanes) is 1. The number of hydrogen-bond acceptors (Lipinski definition) is 3. The Morgan fingerprint density at radius 2 is 2.11 bits per heavy atom. The maximum absolute atomic E-state index is 11.8.